The van der Waals surface area contributed by atoms with Crippen molar-refractivity contribution in [3.8, 4) is 11.8 Å². The number of ether oxygens (including phenoxy) is 1. The van der Waals surface area contributed by atoms with E-state index < -0.39 is 0 Å². The van der Waals surface area contributed by atoms with Crippen molar-refractivity contribution in [1.82, 2.24) is 9.97 Å². The third-order valence-electron chi connectivity index (χ3n) is 5.11. The smallest absolute Gasteiger partial charge is 0.321 e. The molecule has 3 aromatic rings. The molecule has 4 rings (SSSR count). The maximum Gasteiger partial charge on any atom is 0.321 e. The minimum Gasteiger partial charge on any atom is -0.424 e. The third kappa shape index (κ3) is 4.55. The van der Waals surface area contributed by atoms with Gasteiger partial charge in [-0.05, 0) is 66.8 Å². The highest BCUT2D eigenvalue weighted by molar-refractivity contribution is 6.04. The molecule has 28 heavy (non-hydrogen) atoms. The van der Waals surface area contributed by atoms with Gasteiger partial charge in [0.05, 0.1) is 0 Å². The molecule has 1 amide bonds. The minimum absolute atomic E-state index is 0.116. The fraction of sp³-hybridized carbons (Fsp3) is 0.261. The average Bonchev–Trinajstić information content (AvgIpc) is 2.76. The Bertz CT molecular complexity index is 903. The number of benzene rings is 2. The first-order valence-electron chi connectivity index (χ1n) is 9.74. The fourth-order valence-corrected chi connectivity index (χ4v) is 3.60. The van der Waals surface area contributed by atoms with Crippen LogP contribution in [0.2, 0.25) is 0 Å². The topological polar surface area (TPSA) is 64.1 Å². The minimum atomic E-state index is -0.116. The van der Waals surface area contributed by atoms with Crippen molar-refractivity contribution in [2.45, 2.75) is 38.0 Å². The summed E-state index contributed by atoms with van der Waals surface area (Å²) in [6.07, 6.45) is 9.72. The first kappa shape index (κ1) is 18.2. The molecule has 0 unspecified atom stereocenters. The predicted molar refractivity (Wildman–Crippen MR) is 109 cm³/mol. The van der Waals surface area contributed by atoms with E-state index in [1.54, 1.807) is 42.7 Å². The van der Waals surface area contributed by atoms with Crippen LogP contribution < -0.4 is 10.1 Å². The number of carbonyl (C=O) groups excluding carboxylic acids is 1. The molecule has 1 aromatic heterocycles. The second kappa shape index (κ2) is 8.65. The highest BCUT2D eigenvalue weighted by atomic mass is 16.5. The van der Waals surface area contributed by atoms with E-state index in [1.807, 2.05) is 12.1 Å². The fourth-order valence-electron chi connectivity index (χ4n) is 3.60. The molecule has 1 N–H and O–H groups in total. The third-order valence-corrected chi connectivity index (χ3v) is 5.11. The maximum atomic E-state index is 12.5. The van der Waals surface area contributed by atoms with Crippen molar-refractivity contribution in [3.63, 3.8) is 0 Å². The highest BCUT2D eigenvalue weighted by Crippen LogP contribution is 2.32. The van der Waals surface area contributed by atoms with Gasteiger partial charge >= 0.3 is 6.01 Å². The van der Waals surface area contributed by atoms with E-state index >= 15 is 0 Å². The number of hydrogen-bond acceptors (Lipinski definition) is 4. The number of carbonyl (C=O) groups is 1. The normalized spacial score (nSPS) is 14.4. The Morgan fingerprint density at radius 1 is 0.893 bits per heavy atom. The summed E-state index contributed by atoms with van der Waals surface area (Å²) in [5.41, 5.74) is 2.72. The molecule has 1 aliphatic carbocycles. The lowest BCUT2D eigenvalue weighted by Crippen LogP contribution is -2.12. The number of rotatable bonds is 5. The van der Waals surface area contributed by atoms with E-state index in [0.29, 0.717) is 22.9 Å². The Balaban J connectivity index is 1.36. The molecule has 5 heteroatoms. The number of amides is 1. The molecular formula is C23H23N3O2. The predicted octanol–water partition coefficient (Wildman–Crippen LogP) is 5.57. The molecule has 1 saturated carbocycles. The summed E-state index contributed by atoms with van der Waals surface area (Å²) in [6, 6.07) is 17.2. The summed E-state index contributed by atoms with van der Waals surface area (Å²) >= 11 is 0. The number of anilines is 1. The Kier molecular flexibility index (Phi) is 5.61. The first-order valence-corrected chi connectivity index (χ1v) is 9.74. The SMILES string of the molecule is O=C(Nc1ccc(Oc2ncccn2)cc1)c1ccc(C2CCCCC2)cc1. The highest BCUT2D eigenvalue weighted by Gasteiger charge is 2.16. The van der Waals surface area contributed by atoms with Gasteiger partial charge in [0.15, 0.2) is 0 Å². The van der Waals surface area contributed by atoms with Crippen molar-refractivity contribution >= 4 is 11.6 Å². The van der Waals surface area contributed by atoms with Crippen molar-refractivity contribution in [2.75, 3.05) is 5.32 Å². The lowest BCUT2D eigenvalue weighted by molar-refractivity contribution is 0.102. The number of nitrogens with one attached hydrogen (secondary N) is 1. The van der Waals surface area contributed by atoms with Crippen LogP contribution in [0.1, 0.15) is 53.9 Å². The zero-order valence-corrected chi connectivity index (χ0v) is 15.7. The molecule has 0 spiro atoms. The first-order chi connectivity index (χ1) is 13.8. The van der Waals surface area contributed by atoms with Crippen LogP contribution in [0.25, 0.3) is 0 Å². The van der Waals surface area contributed by atoms with Crippen LogP contribution in [-0.4, -0.2) is 15.9 Å². The van der Waals surface area contributed by atoms with Crippen LogP contribution in [0.15, 0.2) is 67.0 Å². The molecule has 0 radical (unpaired) electrons. The molecule has 0 bridgehead atoms. The molecule has 0 atom stereocenters. The molecule has 1 aliphatic rings. The van der Waals surface area contributed by atoms with Gasteiger partial charge in [-0.15, -0.1) is 0 Å². The van der Waals surface area contributed by atoms with Crippen molar-refractivity contribution in [2.24, 2.45) is 0 Å². The van der Waals surface area contributed by atoms with Crippen LogP contribution in [-0.2, 0) is 0 Å². The lowest BCUT2D eigenvalue weighted by atomic mass is 9.84. The van der Waals surface area contributed by atoms with Gasteiger partial charge in [-0.2, -0.15) is 0 Å². The van der Waals surface area contributed by atoms with Crippen LogP contribution in [0.4, 0.5) is 5.69 Å². The molecule has 0 aliphatic heterocycles. The summed E-state index contributed by atoms with van der Waals surface area (Å²) < 4.78 is 5.56. The van der Waals surface area contributed by atoms with Gasteiger partial charge < -0.3 is 10.1 Å². The second-order valence-corrected chi connectivity index (χ2v) is 7.07. The number of hydrogen-bond donors (Lipinski definition) is 1. The van der Waals surface area contributed by atoms with E-state index in [0.717, 1.165) is 0 Å². The molecule has 142 valence electrons. The van der Waals surface area contributed by atoms with Gasteiger partial charge in [0.25, 0.3) is 5.91 Å². The monoisotopic (exact) mass is 373 g/mol. The second-order valence-electron chi connectivity index (χ2n) is 7.07. The number of aromatic nitrogens is 2. The van der Waals surface area contributed by atoms with Crippen LogP contribution in [0.3, 0.4) is 0 Å². The van der Waals surface area contributed by atoms with E-state index in [9.17, 15) is 4.79 Å². The molecular weight excluding hydrogens is 350 g/mol. The largest absolute Gasteiger partial charge is 0.424 e. The molecule has 2 aromatic carbocycles. The van der Waals surface area contributed by atoms with E-state index in [1.165, 1.54) is 37.7 Å². The summed E-state index contributed by atoms with van der Waals surface area (Å²) in [5.74, 6) is 1.14. The summed E-state index contributed by atoms with van der Waals surface area (Å²) in [5, 5.41) is 2.92. The summed E-state index contributed by atoms with van der Waals surface area (Å²) in [6.45, 7) is 0. The van der Waals surface area contributed by atoms with Crippen LogP contribution >= 0.6 is 0 Å². The van der Waals surface area contributed by atoms with E-state index in [2.05, 4.69) is 27.4 Å². The van der Waals surface area contributed by atoms with Crippen molar-refractivity contribution < 1.29 is 9.53 Å². The van der Waals surface area contributed by atoms with Crippen molar-refractivity contribution in [1.29, 1.82) is 0 Å². The Labute approximate surface area is 164 Å². The zero-order valence-electron chi connectivity index (χ0n) is 15.7. The Morgan fingerprint density at radius 3 is 2.25 bits per heavy atom. The van der Waals surface area contributed by atoms with Gasteiger partial charge in [0.1, 0.15) is 5.75 Å². The van der Waals surface area contributed by atoms with Gasteiger partial charge in [-0.3, -0.25) is 4.79 Å². The Morgan fingerprint density at radius 2 is 1.57 bits per heavy atom. The summed E-state index contributed by atoms with van der Waals surface area (Å²) in [7, 11) is 0. The maximum absolute atomic E-state index is 12.5. The van der Waals surface area contributed by atoms with Gasteiger partial charge in [-0.1, -0.05) is 31.4 Å². The molecule has 5 nitrogen and oxygen atoms in total. The zero-order chi connectivity index (χ0) is 19.2. The van der Waals surface area contributed by atoms with E-state index in [-0.39, 0.29) is 11.9 Å². The molecule has 1 fully saturated rings. The van der Waals surface area contributed by atoms with E-state index in [4.69, 9.17) is 4.74 Å². The molecule has 0 saturated heterocycles. The Hall–Kier alpha value is -3.21. The quantitative estimate of drug-likeness (QED) is 0.635. The van der Waals surface area contributed by atoms with Gasteiger partial charge in [0, 0.05) is 23.6 Å². The van der Waals surface area contributed by atoms with Crippen LogP contribution in [0, 0.1) is 0 Å². The van der Waals surface area contributed by atoms with Crippen LogP contribution in [0.5, 0.6) is 11.8 Å². The van der Waals surface area contributed by atoms with Gasteiger partial charge in [0.2, 0.25) is 0 Å². The lowest BCUT2D eigenvalue weighted by Gasteiger charge is -2.22. The molecule has 1 heterocycles. The van der Waals surface area contributed by atoms with Crippen molar-refractivity contribution in [3.05, 3.63) is 78.1 Å². The number of nitrogens with zero attached hydrogens (tertiary/aromatic N) is 2. The van der Waals surface area contributed by atoms with Gasteiger partial charge in [-0.25, -0.2) is 9.97 Å². The summed E-state index contributed by atoms with van der Waals surface area (Å²) in [4.78, 5) is 20.6. The standard InChI is InChI=1S/C23H23N3O2/c27-22(19-9-7-18(8-10-19)17-5-2-1-3-6-17)26-20-11-13-21(14-12-20)28-23-24-15-4-16-25-23/h4,7-17H,1-3,5-6H2,(H,26,27). The average molecular weight is 373 g/mol.